The van der Waals surface area contributed by atoms with Gasteiger partial charge in [0.2, 0.25) is 0 Å². The maximum Gasteiger partial charge on any atom is 0.159 e. The van der Waals surface area contributed by atoms with Crippen molar-refractivity contribution in [3.63, 3.8) is 0 Å². The van der Waals surface area contributed by atoms with Crippen molar-refractivity contribution in [2.75, 3.05) is 0 Å². The van der Waals surface area contributed by atoms with Gasteiger partial charge in [-0.25, -0.2) is 8.78 Å². The van der Waals surface area contributed by atoms with E-state index in [1.165, 1.54) is 12.1 Å². The van der Waals surface area contributed by atoms with E-state index in [2.05, 4.69) is 5.10 Å². The van der Waals surface area contributed by atoms with Gasteiger partial charge >= 0.3 is 0 Å². The minimum absolute atomic E-state index is 0.285. The molecule has 0 radical (unpaired) electrons. The van der Waals surface area contributed by atoms with Crippen molar-refractivity contribution in [1.82, 2.24) is 9.78 Å². The summed E-state index contributed by atoms with van der Waals surface area (Å²) in [6.07, 6.45) is 2.09. The molecule has 0 aliphatic rings. The van der Waals surface area contributed by atoms with Gasteiger partial charge in [-0.05, 0) is 30.2 Å². The van der Waals surface area contributed by atoms with Gasteiger partial charge in [0, 0.05) is 13.2 Å². The molecular weight excluding hydrogens is 224 g/mol. The van der Waals surface area contributed by atoms with Crippen LogP contribution in [0.3, 0.4) is 0 Å². The van der Waals surface area contributed by atoms with Crippen molar-refractivity contribution in [3.05, 3.63) is 53.4 Å². The summed E-state index contributed by atoms with van der Waals surface area (Å²) in [5, 5.41) is 4.01. The molecular formula is C12H13F2N3. The summed E-state index contributed by atoms with van der Waals surface area (Å²) in [7, 11) is 1.79. The van der Waals surface area contributed by atoms with E-state index in [1.54, 1.807) is 17.9 Å². The minimum Gasteiger partial charge on any atom is -0.322 e. The maximum atomic E-state index is 13.0. The molecule has 1 aromatic carbocycles. The Labute approximate surface area is 97.9 Å². The predicted molar refractivity (Wildman–Crippen MR) is 60.2 cm³/mol. The van der Waals surface area contributed by atoms with Gasteiger partial charge in [-0.1, -0.05) is 6.07 Å². The summed E-state index contributed by atoms with van der Waals surface area (Å²) in [5.74, 6) is -1.69. The van der Waals surface area contributed by atoms with Crippen LogP contribution < -0.4 is 5.73 Å². The highest BCUT2D eigenvalue weighted by molar-refractivity contribution is 5.20. The molecule has 0 aliphatic carbocycles. The molecule has 0 aliphatic heterocycles. The van der Waals surface area contributed by atoms with Gasteiger partial charge < -0.3 is 5.73 Å². The number of nitrogens with zero attached hydrogens (tertiary/aromatic N) is 2. The van der Waals surface area contributed by atoms with E-state index >= 15 is 0 Å². The fraction of sp³-hybridized carbons (Fsp3) is 0.250. The molecule has 1 heterocycles. The van der Waals surface area contributed by atoms with Gasteiger partial charge in [0.1, 0.15) is 0 Å². The van der Waals surface area contributed by atoms with Crippen molar-refractivity contribution in [2.24, 2.45) is 12.8 Å². The first kappa shape index (κ1) is 11.7. The van der Waals surface area contributed by atoms with Gasteiger partial charge in [0.25, 0.3) is 0 Å². The molecule has 1 unspecified atom stereocenters. The van der Waals surface area contributed by atoms with Crippen LogP contribution in [0.5, 0.6) is 0 Å². The van der Waals surface area contributed by atoms with E-state index in [-0.39, 0.29) is 6.04 Å². The van der Waals surface area contributed by atoms with Crippen LogP contribution in [0.25, 0.3) is 0 Å². The molecule has 0 bridgehead atoms. The van der Waals surface area contributed by atoms with Crippen molar-refractivity contribution in [1.29, 1.82) is 0 Å². The first-order valence-electron chi connectivity index (χ1n) is 5.25. The van der Waals surface area contributed by atoms with Gasteiger partial charge in [-0.2, -0.15) is 5.10 Å². The lowest BCUT2D eigenvalue weighted by Crippen LogP contribution is -2.17. The Morgan fingerprint density at radius 1 is 1.29 bits per heavy atom. The van der Waals surface area contributed by atoms with Crippen LogP contribution in [-0.2, 0) is 13.5 Å². The highest BCUT2D eigenvalue weighted by Crippen LogP contribution is 2.17. The first-order chi connectivity index (χ1) is 8.08. The number of halogens is 2. The SMILES string of the molecule is Cn1nccc1C(N)Cc1ccc(F)c(F)c1. The average Bonchev–Trinajstić information content (AvgIpc) is 2.70. The Balaban J connectivity index is 2.16. The van der Waals surface area contributed by atoms with Crippen molar-refractivity contribution in [3.8, 4) is 0 Å². The highest BCUT2D eigenvalue weighted by Gasteiger charge is 2.12. The van der Waals surface area contributed by atoms with Gasteiger partial charge in [-0.15, -0.1) is 0 Å². The first-order valence-corrected chi connectivity index (χ1v) is 5.25. The Morgan fingerprint density at radius 3 is 2.65 bits per heavy atom. The Bertz CT molecular complexity index is 522. The van der Waals surface area contributed by atoms with E-state index in [0.717, 1.165) is 11.8 Å². The van der Waals surface area contributed by atoms with Crippen LogP contribution >= 0.6 is 0 Å². The number of benzene rings is 1. The fourth-order valence-corrected chi connectivity index (χ4v) is 1.77. The van der Waals surface area contributed by atoms with E-state index in [4.69, 9.17) is 5.73 Å². The largest absolute Gasteiger partial charge is 0.322 e. The second-order valence-electron chi connectivity index (χ2n) is 3.94. The minimum atomic E-state index is -0.847. The zero-order valence-electron chi connectivity index (χ0n) is 9.40. The third-order valence-electron chi connectivity index (χ3n) is 2.68. The number of hydrogen-bond acceptors (Lipinski definition) is 2. The monoisotopic (exact) mass is 237 g/mol. The standard InChI is InChI=1S/C12H13F2N3/c1-17-12(4-5-16-17)11(15)7-8-2-3-9(13)10(14)6-8/h2-6,11H,7,15H2,1H3. The average molecular weight is 237 g/mol. The Morgan fingerprint density at radius 2 is 2.06 bits per heavy atom. The van der Waals surface area contributed by atoms with E-state index in [1.807, 2.05) is 6.07 Å². The highest BCUT2D eigenvalue weighted by atomic mass is 19.2. The number of aromatic nitrogens is 2. The number of rotatable bonds is 3. The number of aryl methyl sites for hydroxylation is 1. The molecule has 90 valence electrons. The molecule has 0 saturated heterocycles. The van der Waals surface area contributed by atoms with Gasteiger partial charge in [0.05, 0.1) is 11.7 Å². The number of hydrogen-bond donors (Lipinski definition) is 1. The molecule has 5 heteroatoms. The lowest BCUT2D eigenvalue weighted by Gasteiger charge is -2.12. The molecule has 2 rings (SSSR count). The van der Waals surface area contributed by atoms with Crippen LogP contribution in [-0.4, -0.2) is 9.78 Å². The van der Waals surface area contributed by atoms with E-state index in [9.17, 15) is 8.78 Å². The van der Waals surface area contributed by atoms with Crippen LogP contribution in [0.1, 0.15) is 17.3 Å². The zero-order valence-corrected chi connectivity index (χ0v) is 9.40. The molecule has 0 fully saturated rings. The maximum absolute atomic E-state index is 13.0. The van der Waals surface area contributed by atoms with Crippen LogP contribution in [0.2, 0.25) is 0 Å². The molecule has 1 aromatic heterocycles. The lowest BCUT2D eigenvalue weighted by atomic mass is 10.0. The number of nitrogens with two attached hydrogens (primary N) is 1. The third-order valence-corrected chi connectivity index (χ3v) is 2.68. The fourth-order valence-electron chi connectivity index (χ4n) is 1.77. The second-order valence-corrected chi connectivity index (χ2v) is 3.94. The molecule has 1 atom stereocenters. The smallest absolute Gasteiger partial charge is 0.159 e. The topological polar surface area (TPSA) is 43.8 Å². The van der Waals surface area contributed by atoms with E-state index < -0.39 is 11.6 Å². The molecule has 0 spiro atoms. The lowest BCUT2D eigenvalue weighted by molar-refractivity contribution is 0.505. The molecule has 2 N–H and O–H groups in total. The van der Waals surface area contributed by atoms with Crippen LogP contribution in [0.15, 0.2) is 30.5 Å². The normalized spacial score (nSPS) is 12.7. The van der Waals surface area contributed by atoms with E-state index in [0.29, 0.717) is 12.0 Å². The molecule has 17 heavy (non-hydrogen) atoms. The van der Waals surface area contributed by atoms with Gasteiger partial charge in [0.15, 0.2) is 11.6 Å². The molecule has 0 amide bonds. The summed E-state index contributed by atoms with van der Waals surface area (Å²) in [5.41, 5.74) is 7.50. The van der Waals surface area contributed by atoms with Crippen LogP contribution in [0.4, 0.5) is 8.78 Å². The summed E-state index contributed by atoms with van der Waals surface area (Å²) >= 11 is 0. The second kappa shape index (κ2) is 4.63. The predicted octanol–water partition coefficient (Wildman–Crippen LogP) is 1.94. The Kier molecular flexibility index (Phi) is 3.19. The summed E-state index contributed by atoms with van der Waals surface area (Å²) in [6, 6.07) is 5.35. The quantitative estimate of drug-likeness (QED) is 0.886. The third kappa shape index (κ3) is 2.50. The summed E-state index contributed by atoms with van der Waals surface area (Å²) in [6.45, 7) is 0. The molecule has 3 nitrogen and oxygen atoms in total. The molecule has 0 saturated carbocycles. The summed E-state index contributed by atoms with van der Waals surface area (Å²) in [4.78, 5) is 0. The summed E-state index contributed by atoms with van der Waals surface area (Å²) < 4.78 is 27.4. The van der Waals surface area contributed by atoms with Crippen molar-refractivity contribution in [2.45, 2.75) is 12.5 Å². The van der Waals surface area contributed by atoms with Crippen molar-refractivity contribution < 1.29 is 8.78 Å². The zero-order chi connectivity index (χ0) is 12.4. The Hall–Kier alpha value is -1.75. The molecule has 2 aromatic rings. The van der Waals surface area contributed by atoms with Crippen molar-refractivity contribution >= 4 is 0 Å². The van der Waals surface area contributed by atoms with Crippen LogP contribution in [0, 0.1) is 11.6 Å². The van der Waals surface area contributed by atoms with Gasteiger partial charge in [-0.3, -0.25) is 4.68 Å².